The first-order valence-corrected chi connectivity index (χ1v) is 10.2. The maximum Gasteiger partial charge on any atom is 0.453 e. The molecule has 3 heterocycles. The summed E-state index contributed by atoms with van der Waals surface area (Å²) in [4.78, 5) is 14.6. The van der Waals surface area contributed by atoms with Crippen molar-refractivity contribution in [3.05, 3.63) is 52.8 Å². The Morgan fingerprint density at radius 1 is 1.16 bits per heavy atom. The highest BCUT2D eigenvalue weighted by Gasteiger charge is 2.38. The van der Waals surface area contributed by atoms with Crippen molar-refractivity contribution in [1.82, 2.24) is 25.1 Å². The van der Waals surface area contributed by atoms with Crippen LogP contribution >= 0.6 is 11.6 Å². The van der Waals surface area contributed by atoms with E-state index in [0.29, 0.717) is 41.3 Å². The number of rotatable bonds is 4. The molecule has 1 amide bonds. The molecule has 1 saturated heterocycles. The topological polar surface area (TPSA) is 75.4 Å². The Morgan fingerprint density at radius 2 is 1.87 bits per heavy atom. The Bertz CT molecular complexity index is 1090. The second kappa shape index (κ2) is 8.33. The Morgan fingerprint density at radius 3 is 2.55 bits per heavy atom. The molecule has 3 aromatic rings. The summed E-state index contributed by atoms with van der Waals surface area (Å²) < 4.78 is 40.0. The van der Waals surface area contributed by atoms with Crippen LogP contribution in [0.5, 0.6) is 0 Å². The molecule has 1 aliphatic rings. The van der Waals surface area contributed by atoms with Crippen LogP contribution in [0, 0.1) is 5.92 Å². The number of alkyl halides is 3. The van der Waals surface area contributed by atoms with Gasteiger partial charge in [0.05, 0.1) is 6.04 Å². The van der Waals surface area contributed by atoms with Gasteiger partial charge in [0.25, 0.3) is 5.82 Å². The minimum atomic E-state index is -4.64. The van der Waals surface area contributed by atoms with E-state index in [2.05, 4.69) is 20.6 Å². The first-order valence-electron chi connectivity index (χ1n) is 9.83. The first kappa shape index (κ1) is 21.4. The standard InChI is InChI=1S/C20H20ClF3N6O/c1-12(14-4-2-3-5-15(14)21)25-18(31)13-8-10-29(11-9-13)17-7-6-16-26-27-19(20(22,23)24)30(16)28-17/h2-7,12-13H,8-11H2,1H3,(H,25,31)/t12-/m1/s1. The summed E-state index contributed by atoms with van der Waals surface area (Å²) in [5.74, 6) is -1.02. The van der Waals surface area contributed by atoms with Gasteiger partial charge >= 0.3 is 6.18 Å². The summed E-state index contributed by atoms with van der Waals surface area (Å²) in [5, 5.41) is 14.4. The molecule has 2 aromatic heterocycles. The number of carbonyl (C=O) groups excluding carboxylic acids is 1. The Labute approximate surface area is 181 Å². The van der Waals surface area contributed by atoms with Crippen molar-refractivity contribution >= 4 is 29.0 Å². The SMILES string of the molecule is C[C@@H](NC(=O)C1CCN(c2ccc3nnc(C(F)(F)F)n3n2)CC1)c1ccccc1Cl. The molecule has 11 heteroatoms. The van der Waals surface area contributed by atoms with Crippen molar-refractivity contribution in [3.63, 3.8) is 0 Å². The van der Waals surface area contributed by atoms with Crippen LogP contribution in [-0.2, 0) is 11.0 Å². The highest BCUT2D eigenvalue weighted by Crippen LogP contribution is 2.29. The summed E-state index contributed by atoms with van der Waals surface area (Å²) in [5.41, 5.74) is 0.876. The lowest BCUT2D eigenvalue weighted by Crippen LogP contribution is -2.41. The third kappa shape index (κ3) is 4.43. The number of hydrogen-bond acceptors (Lipinski definition) is 5. The summed E-state index contributed by atoms with van der Waals surface area (Å²) in [7, 11) is 0. The third-order valence-corrected chi connectivity index (χ3v) is 5.77. The van der Waals surface area contributed by atoms with Crippen LogP contribution in [-0.4, -0.2) is 38.8 Å². The molecule has 1 N–H and O–H groups in total. The fraction of sp³-hybridized carbons (Fsp3) is 0.400. The van der Waals surface area contributed by atoms with E-state index in [1.165, 1.54) is 6.07 Å². The van der Waals surface area contributed by atoms with E-state index < -0.39 is 12.0 Å². The van der Waals surface area contributed by atoms with Gasteiger partial charge in [-0.3, -0.25) is 4.79 Å². The molecule has 0 spiro atoms. The van der Waals surface area contributed by atoms with Gasteiger partial charge in [-0.05, 0) is 43.5 Å². The van der Waals surface area contributed by atoms with E-state index in [0.717, 1.165) is 5.56 Å². The molecular weight excluding hydrogens is 433 g/mol. The number of benzene rings is 1. The number of amides is 1. The first-order chi connectivity index (χ1) is 14.7. The van der Waals surface area contributed by atoms with Gasteiger partial charge in [0.2, 0.25) is 5.91 Å². The predicted molar refractivity (Wildman–Crippen MR) is 109 cm³/mol. The lowest BCUT2D eigenvalue weighted by molar-refractivity contribution is -0.146. The van der Waals surface area contributed by atoms with Gasteiger partial charge in [-0.1, -0.05) is 29.8 Å². The minimum absolute atomic E-state index is 0.0268. The normalized spacial score (nSPS) is 16.5. The van der Waals surface area contributed by atoms with Gasteiger partial charge in [-0.15, -0.1) is 15.3 Å². The monoisotopic (exact) mass is 452 g/mol. The second-order valence-corrected chi connectivity index (χ2v) is 7.90. The number of aromatic nitrogens is 4. The van der Waals surface area contributed by atoms with Crippen LogP contribution < -0.4 is 10.2 Å². The molecule has 31 heavy (non-hydrogen) atoms. The zero-order valence-corrected chi connectivity index (χ0v) is 17.4. The van der Waals surface area contributed by atoms with Crippen molar-refractivity contribution < 1.29 is 18.0 Å². The van der Waals surface area contributed by atoms with Gasteiger partial charge in [0.1, 0.15) is 5.82 Å². The number of halogens is 4. The van der Waals surface area contributed by atoms with Gasteiger partial charge in [0.15, 0.2) is 5.65 Å². The molecule has 1 aliphatic heterocycles. The summed E-state index contributed by atoms with van der Waals surface area (Å²) in [6, 6.07) is 10.2. The lowest BCUT2D eigenvalue weighted by atomic mass is 9.95. The minimum Gasteiger partial charge on any atom is -0.355 e. The quantitative estimate of drug-likeness (QED) is 0.650. The second-order valence-electron chi connectivity index (χ2n) is 7.50. The van der Waals surface area contributed by atoms with E-state index in [9.17, 15) is 18.0 Å². The fourth-order valence-electron chi connectivity index (χ4n) is 3.73. The van der Waals surface area contributed by atoms with Crippen molar-refractivity contribution in [1.29, 1.82) is 0 Å². The molecule has 1 fully saturated rings. The van der Waals surface area contributed by atoms with Crippen molar-refractivity contribution in [2.45, 2.75) is 32.0 Å². The third-order valence-electron chi connectivity index (χ3n) is 5.42. The average molecular weight is 453 g/mol. The zero-order chi connectivity index (χ0) is 22.2. The van der Waals surface area contributed by atoms with Crippen LogP contribution in [0.15, 0.2) is 36.4 Å². The molecule has 7 nitrogen and oxygen atoms in total. The number of piperidine rings is 1. The van der Waals surface area contributed by atoms with Gasteiger partial charge < -0.3 is 10.2 Å². The Kier molecular flexibility index (Phi) is 5.74. The molecule has 0 saturated carbocycles. The summed E-state index contributed by atoms with van der Waals surface area (Å²) in [6.07, 6.45) is -3.52. The number of anilines is 1. The number of nitrogens with one attached hydrogen (secondary N) is 1. The molecule has 4 rings (SSSR count). The average Bonchev–Trinajstić information content (AvgIpc) is 3.18. The smallest absolute Gasteiger partial charge is 0.355 e. The molecule has 0 unspecified atom stereocenters. The van der Waals surface area contributed by atoms with E-state index in [1.54, 1.807) is 12.1 Å². The highest BCUT2D eigenvalue weighted by atomic mass is 35.5. The number of hydrogen-bond donors (Lipinski definition) is 1. The largest absolute Gasteiger partial charge is 0.453 e. The molecule has 1 atom stereocenters. The lowest BCUT2D eigenvalue weighted by Gasteiger charge is -2.32. The van der Waals surface area contributed by atoms with Crippen molar-refractivity contribution in [2.24, 2.45) is 5.92 Å². The van der Waals surface area contributed by atoms with E-state index in [4.69, 9.17) is 11.6 Å². The van der Waals surface area contributed by atoms with Crippen LogP contribution in [0.1, 0.15) is 37.2 Å². The Hall–Kier alpha value is -2.88. The molecular formula is C20H20ClF3N6O. The fourth-order valence-corrected chi connectivity index (χ4v) is 4.03. The molecule has 0 aliphatic carbocycles. The van der Waals surface area contributed by atoms with Crippen LogP contribution in [0.3, 0.4) is 0 Å². The number of nitrogens with zero attached hydrogens (tertiary/aromatic N) is 5. The number of carbonyl (C=O) groups is 1. The van der Waals surface area contributed by atoms with E-state index in [1.807, 2.05) is 30.0 Å². The molecule has 164 valence electrons. The highest BCUT2D eigenvalue weighted by molar-refractivity contribution is 6.31. The van der Waals surface area contributed by atoms with E-state index >= 15 is 0 Å². The summed E-state index contributed by atoms with van der Waals surface area (Å²) >= 11 is 6.20. The zero-order valence-electron chi connectivity index (χ0n) is 16.6. The summed E-state index contributed by atoms with van der Waals surface area (Å²) in [6.45, 7) is 2.88. The van der Waals surface area contributed by atoms with Gasteiger partial charge in [0, 0.05) is 24.0 Å². The van der Waals surface area contributed by atoms with Crippen molar-refractivity contribution in [2.75, 3.05) is 18.0 Å². The van der Waals surface area contributed by atoms with Crippen molar-refractivity contribution in [3.8, 4) is 0 Å². The molecule has 0 bridgehead atoms. The van der Waals surface area contributed by atoms with E-state index in [-0.39, 0.29) is 23.5 Å². The molecule has 0 radical (unpaired) electrons. The Balaban J connectivity index is 1.40. The maximum atomic E-state index is 13.1. The van der Waals surface area contributed by atoms with Crippen LogP contribution in [0.4, 0.5) is 19.0 Å². The van der Waals surface area contributed by atoms with Crippen LogP contribution in [0.25, 0.3) is 5.65 Å². The maximum absolute atomic E-state index is 13.1. The predicted octanol–water partition coefficient (Wildman–Crippen LogP) is 3.89. The van der Waals surface area contributed by atoms with Gasteiger partial charge in [-0.25, -0.2) is 0 Å². The van der Waals surface area contributed by atoms with Gasteiger partial charge in [-0.2, -0.15) is 17.7 Å². The molecule has 1 aromatic carbocycles. The van der Waals surface area contributed by atoms with Crippen LogP contribution in [0.2, 0.25) is 5.02 Å². The number of fused-ring (bicyclic) bond motifs is 1.